The van der Waals surface area contributed by atoms with Crippen molar-refractivity contribution in [1.82, 2.24) is 10.1 Å². The summed E-state index contributed by atoms with van der Waals surface area (Å²) in [6, 6.07) is 7.52. The van der Waals surface area contributed by atoms with E-state index in [9.17, 15) is 5.11 Å². The molecule has 0 radical (unpaired) electrons. The van der Waals surface area contributed by atoms with Crippen LogP contribution in [0.4, 0.5) is 0 Å². The Bertz CT molecular complexity index is 520. The number of aromatic nitrogens is 2. The minimum Gasteiger partial charge on any atom is -0.382 e. The van der Waals surface area contributed by atoms with Crippen LogP contribution in [0.15, 0.2) is 33.7 Å². The number of nitrogens with two attached hydrogens (primary N) is 1. The highest BCUT2D eigenvalue weighted by Crippen LogP contribution is 2.28. The molecule has 18 heavy (non-hydrogen) atoms. The lowest BCUT2D eigenvalue weighted by Crippen LogP contribution is -2.11. The SMILES string of the molecule is NCC(O)c1nc(CSc2ccccc2Cl)no1. The molecule has 0 aliphatic heterocycles. The van der Waals surface area contributed by atoms with Crippen molar-refractivity contribution in [2.45, 2.75) is 16.8 Å². The minimum absolute atomic E-state index is 0.0549. The van der Waals surface area contributed by atoms with Crippen LogP contribution in [0.2, 0.25) is 5.02 Å². The van der Waals surface area contributed by atoms with Crippen LogP contribution in [-0.2, 0) is 5.75 Å². The quantitative estimate of drug-likeness (QED) is 0.818. The van der Waals surface area contributed by atoms with Crippen molar-refractivity contribution in [2.24, 2.45) is 5.73 Å². The first-order valence-electron chi connectivity index (χ1n) is 5.28. The second kappa shape index (κ2) is 6.19. The molecule has 2 rings (SSSR count). The summed E-state index contributed by atoms with van der Waals surface area (Å²) in [7, 11) is 0. The monoisotopic (exact) mass is 285 g/mol. The van der Waals surface area contributed by atoms with E-state index in [1.807, 2.05) is 24.3 Å². The number of aliphatic hydroxyl groups is 1. The van der Waals surface area contributed by atoms with Gasteiger partial charge >= 0.3 is 0 Å². The van der Waals surface area contributed by atoms with Gasteiger partial charge in [0.1, 0.15) is 6.10 Å². The Kier molecular flexibility index (Phi) is 4.60. The third kappa shape index (κ3) is 3.23. The van der Waals surface area contributed by atoms with Gasteiger partial charge < -0.3 is 15.4 Å². The Morgan fingerprint density at radius 1 is 1.44 bits per heavy atom. The fourth-order valence-corrected chi connectivity index (χ4v) is 2.35. The Labute approximate surface area is 113 Å². The molecule has 0 fully saturated rings. The van der Waals surface area contributed by atoms with E-state index in [0.717, 1.165) is 4.90 Å². The fraction of sp³-hybridized carbons (Fsp3) is 0.273. The summed E-state index contributed by atoms with van der Waals surface area (Å²) in [6.07, 6.45) is -0.906. The summed E-state index contributed by atoms with van der Waals surface area (Å²) in [6.45, 7) is 0.0549. The number of thioether (sulfide) groups is 1. The molecule has 1 heterocycles. The summed E-state index contributed by atoms with van der Waals surface area (Å²) >= 11 is 7.53. The van der Waals surface area contributed by atoms with Gasteiger partial charge in [0.05, 0.1) is 10.8 Å². The highest BCUT2D eigenvalue weighted by molar-refractivity contribution is 7.98. The number of rotatable bonds is 5. The van der Waals surface area contributed by atoms with Crippen molar-refractivity contribution in [3.8, 4) is 0 Å². The molecule has 0 amide bonds. The second-order valence-corrected chi connectivity index (χ2v) is 4.94. The summed E-state index contributed by atoms with van der Waals surface area (Å²) < 4.78 is 4.90. The number of nitrogens with zero attached hydrogens (tertiary/aromatic N) is 2. The van der Waals surface area contributed by atoms with Gasteiger partial charge in [0.25, 0.3) is 5.89 Å². The first-order chi connectivity index (χ1) is 8.70. The zero-order valence-corrected chi connectivity index (χ0v) is 11.0. The first-order valence-corrected chi connectivity index (χ1v) is 6.65. The number of hydrogen-bond acceptors (Lipinski definition) is 6. The predicted molar refractivity (Wildman–Crippen MR) is 69.3 cm³/mol. The molecule has 96 valence electrons. The number of hydrogen-bond donors (Lipinski definition) is 2. The summed E-state index contributed by atoms with van der Waals surface area (Å²) in [5.41, 5.74) is 5.30. The van der Waals surface area contributed by atoms with Crippen LogP contribution in [-0.4, -0.2) is 21.8 Å². The maximum absolute atomic E-state index is 9.42. The molecule has 0 bridgehead atoms. The van der Waals surface area contributed by atoms with Crippen molar-refractivity contribution in [3.05, 3.63) is 41.0 Å². The van der Waals surface area contributed by atoms with E-state index >= 15 is 0 Å². The van der Waals surface area contributed by atoms with E-state index in [1.165, 1.54) is 11.8 Å². The van der Waals surface area contributed by atoms with Gasteiger partial charge in [-0.1, -0.05) is 28.9 Å². The van der Waals surface area contributed by atoms with Crippen LogP contribution in [0.25, 0.3) is 0 Å². The van der Waals surface area contributed by atoms with Gasteiger partial charge in [-0.2, -0.15) is 4.98 Å². The smallest absolute Gasteiger partial charge is 0.256 e. The highest BCUT2D eigenvalue weighted by Gasteiger charge is 2.14. The van der Waals surface area contributed by atoms with Gasteiger partial charge in [0.15, 0.2) is 5.82 Å². The molecule has 1 atom stereocenters. The normalized spacial score (nSPS) is 12.6. The second-order valence-electron chi connectivity index (χ2n) is 3.52. The summed E-state index contributed by atoms with van der Waals surface area (Å²) in [4.78, 5) is 5.00. The minimum atomic E-state index is -0.906. The molecule has 1 aromatic heterocycles. The van der Waals surface area contributed by atoms with Crippen LogP contribution in [0.5, 0.6) is 0 Å². The number of halogens is 1. The van der Waals surface area contributed by atoms with Crippen LogP contribution in [0.1, 0.15) is 17.8 Å². The maximum Gasteiger partial charge on any atom is 0.256 e. The molecule has 1 unspecified atom stereocenters. The lowest BCUT2D eigenvalue weighted by molar-refractivity contribution is 0.141. The summed E-state index contributed by atoms with van der Waals surface area (Å²) in [5.74, 6) is 1.17. The topological polar surface area (TPSA) is 85.2 Å². The average molecular weight is 286 g/mol. The van der Waals surface area contributed by atoms with Gasteiger partial charge in [-0.3, -0.25) is 0 Å². The Morgan fingerprint density at radius 2 is 2.22 bits per heavy atom. The largest absolute Gasteiger partial charge is 0.382 e. The zero-order valence-electron chi connectivity index (χ0n) is 9.41. The highest BCUT2D eigenvalue weighted by atomic mass is 35.5. The van der Waals surface area contributed by atoms with E-state index in [0.29, 0.717) is 16.6 Å². The Hall–Kier alpha value is -1.08. The maximum atomic E-state index is 9.42. The van der Waals surface area contributed by atoms with Crippen molar-refractivity contribution in [1.29, 1.82) is 0 Å². The molecule has 5 nitrogen and oxygen atoms in total. The molecule has 0 aliphatic carbocycles. The van der Waals surface area contributed by atoms with Crippen molar-refractivity contribution < 1.29 is 9.63 Å². The molecular weight excluding hydrogens is 274 g/mol. The third-order valence-corrected chi connectivity index (χ3v) is 3.70. The molecule has 1 aromatic carbocycles. The standard InChI is InChI=1S/C11H12ClN3O2S/c12-7-3-1-2-4-9(7)18-6-10-14-11(17-15-10)8(16)5-13/h1-4,8,16H,5-6,13H2. The van der Waals surface area contributed by atoms with Crippen molar-refractivity contribution >= 4 is 23.4 Å². The first kappa shape index (κ1) is 13.4. The van der Waals surface area contributed by atoms with Crippen molar-refractivity contribution in [2.75, 3.05) is 6.54 Å². The van der Waals surface area contributed by atoms with Crippen LogP contribution in [0, 0.1) is 0 Å². The van der Waals surface area contributed by atoms with Crippen molar-refractivity contribution in [3.63, 3.8) is 0 Å². The van der Waals surface area contributed by atoms with Gasteiger partial charge in [0, 0.05) is 11.4 Å². The number of benzene rings is 1. The molecule has 3 N–H and O–H groups in total. The summed E-state index contributed by atoms with van der Waals surface area (Å²) in [5, 5.41) is 13.9. The molecule has 0 spiro atoms. The van der Waals surface area contributed by atoms with E-state index in [4.69, 9.17) is 21.9 Å². The van der Waals surface area contributed by atoms with Gasteiger partial charge in [0.2, 0.25) is 0 Å². The molecule has 2 aromatic rings. The Balaban J connectivity index is 1.98. The van der Waals surface area contributed by atoms with E-state index in [1.54, 1.807) is 0 Å². The van der Waals surface area contributed by atoms with E-state index in [-0.39, 0.29) is 12.4 Å². The average Bonchev–Trinajstić information content (AvgIpc) is 2.86. The molecule has 7 heteroatoms. The lowest BCUT2D eigenvalue weighted by atomic mass is 10.4. The zero-order chi connectivity index (χ0) is 13.0. The Morgan fingerprint density at radius 3 is 2.94 bits per heavy atom. The van der Waals surface area contributed by atoms with Crippen LogP contribution >= 0.6 is 23.4 Å². The molecule has 0 aliphatic rings. The van der Waals surface area contributed by atoms with Gasteiger partial charge in [-0.05, 0) is 12.1 Å². The molecule has 0 saturated heterocycles. The van der Waals surface area contributed by atoms with Gasteiger partial charge in [-0.25, -0.2) is 0 Å². The van der Waals surface area contributed by atoms with Crippen LogP contribution < -0.4 is 5.73 Å². The van der Waals surface area contributed by atoms with Crippen LogP contribution in [0.3, 0.4) is 0 Å². The van der Waals surface area contributed by atoms with E-state index in [2.05, 4.69) is 10.1 Å². The molecule has 0 saturated carbocycles. The fourth-order valence-electron chi connectivity index (χ4n) is 1.27. The predicted octanol–water partition coefficient (Wildman–Crippen LogP) is 2.01. The molecular formula is C11H12ClN3O2S. The third-order valence-electron chi connectivity index (χ3n) is 2.19. The lowest BCUT2D eigenvalue weighted by Gasteiger charge is -2.00. The number of aliphatic hydroxyl groups excluding tert-OH is 1. The van der Waals surface area contributed by atoms with Gasteiger partial charge in [-0.15, -0.1) is 11.8 Å². The van der Waals surface area contributed by atoms with E-state index < -0.39 is 6.10 Å².